The normalized spacial score (nSPS) is 13.2. The molecule has 218 valence electrons. The highest BCUT2D eigenvalue weighted by Gasteiger charge is 2.34. The summed E-state index contributed by atoms with van der Waals surface area (Å²) in [7, 11) is -4.15. The molecule has 0 unspecified atom stereocenters. The van der Waals surface area contributed by atoms with Crippen LogP contribution in [0, 0.1) is 0 Å². The maximum absolute atomic E-state index is 14.1. The Morgan fingerprint density at radius 2 is 1.56 bits per heavy atom. The van der Waals surface area contributed by atoms with Gasteiger partial charge in [0.15, 0.2) is 11.5 Å². The second-order valence-electron chi connectivity index (χ2n) is 9.69. The molecule has 4 rings (SSSR count). The van der Waals surface area contributed by atoms with E-state index in [2.05, 4.69) is 5.32 Å². The van der Waals surface area contributed by atoms with Gasteiger partial charge < -0.3 is 19.7 Å². The lowest BCUT2D eigenvalue weighted by Gasteiger charge is -2.33. The number of nitrogens with one attached hydrogen (secondary N) is 1. The zero-order valence-electron chi connectivity index (χ0n) is 23.5. The third-order valence-electron chi connectivity index (χ3n) is 6.84. The number of rotatable bonds is 13. The van der Waals surface area contributed by atoms with Crippen LogP contribution in [0.1, 0.15) is 32.3 Å². The van der Waals surface area contributed by atoms with Crippen molar-refractivity contribution in [2.75, 3.05) is 37.2 Å². The Labute approximate surface area is 242 Å². The second-order valence-corrected chi connectivity index (χ2v) is 11.6. The zero-order valence-corrected chi connectivity index (χ0v) is 24.3. The molecule has 9 nitrogen and oxygen atoms in total. The van der Waals surface area contributed by atoms with Gasteiger partial charge in [-0.2, -0.15) is 0 Å². The molecule has 41 heavy (non-hydrogen) atoms. The SMILES string of the molecule is CCCNC(=O)[C@@H](CC)N(CCc1ccccc1)C(=O)CN(c1ccc2c(c1)OCCO2)S(=O)(=O)c1ccccc1. The molecule has 0 saturated carbocycles. The van der Waals surface area contributed by atoms with Gasteiger partial charge in [-0.15, -0.1) is 0 Å². The maximum Gasteiger partial charge on any atom is 0.264 e. The van der Waals surface area contributed by atoms with Crippen LogP contribution in [0.15, 0.2) is 83.8 Å². The minimum absolute atomic E-state index is 0.0475. The molecule has 2 amide bonds. The number of hydrogen-bond donors (Lipinski definition) is 1. The van der Waals surface area contributed by atoms with Gasteiger partial charge in [0.1, 0.15) is 25.8 Å². The number of hydrogen-bond acceptors (Lipinski definition) is 6. The van der Waals surface area contributed by atoms with E-state index < -0.39 is 28.5 Å². The summed E-state index contributed by atoms with van der Waals surface area (Å²) >= 11 is 0. The molecule has 1 aliphatic rings. The summed E-state index contributed by atoms with van der Waals surface area (Å²) < 4.78 is 40.3. The van der Waals surface area contributed by atoms with Crippen LogP contribution in [0.4, 0.5) is 5.69 Å². The number of anilines is 1. The lowest BCUT2D eigenvalue weighted by Crippen LogP contribution is -2.53. The zero-order chi connectivity index (χ0) is 29.2. The highest BCUT2D eigenvalue weighted by atomic mass is 32.2. The van der Waals surface area contributed by atoms with Crippen LogP contribution in [0.3, 0.4) is 0 Å². The fraction of sp³-hybridized carbons (Fsp3) is 0.355. The quantitative estimate of drug-likeness (QED) is 0.328. The lowest BCUT2D eigenvalue weighted by molar-refractivity contribution is -0.139. The minimum atomic E-state index is -4.15. The summed E-state index contributed by atoms with van der Waals surface area (Å²) in [6.45, 7) is 4.77. The largest absolute Gasteiger partial charge is 0.486 e. The molecule has 1 heterocycles. The Bertz CT molecular complexity index is 1420. The number of sulfonamides is 1. The van der Waals surface area contributed by atoms with Crippen LogP contribution in [0.25, 0.3) is 0 Å². The molecule has 0 aliphatic carbocycles. The monoisotopic (exact) mass is 579 g/mol. The van der Waals surface area contributed by atoms with Crippen molar-refractivity contribution in [3.63, 3.8) is 0 Å². The molecule has 1 N–H and O–H groups in total. The molecule has 0 fully saturated rings. The summed E-state index contributed by atoms with van der Waals surface area (Å²) in [6.07, 6.45) is 1.65. The third kappa shape index (κ3) is 7.38. The van der Waals surface area contributed by atoms with E-state index in [0.717, 1.165) is 16.3 Å². The predicted molar refractivity (Wildman–Crippen MR) is 158 cm³/mol. The fourth-order valence-electron chi connectivity index (χ4n) is 4.70. The van der Waals surface area contributed by atoms with Crippen LogP contribution in [-0.4, -0.2) is 64.0 Å². The first-order valence-corrected chi connectivity index (χ1v) is 15.4. The standard InChI is InChI=1S/C31H37N3O6S/c1-3-18-32-31(36)27(4-2)33(19-17-24-11-7-5-8-12-24)30(35)23-34(41(37,38)26-13-9-6-10-14-26)25-15-16-28-29(22-25)40-21-20-39-28/h5-16,22,27H,3-4,17-21,23H2,1-2H3,(H,32,36)/t27-/m1/s1. The van der Waals surface area contributed by atoms with E-state index >= 15 is 0 Å². The van der Waals surface area contributed by atoms with Gasteiger partial charge in [-0.1, -0.05) is 62.4 Å². The molecule has 0 radical (unpaired) electrons. The summed E-state index contributed by atoms with van der Waals surface area (Å²) in [6, 6.07) is 21.7. The Balaban J connectivity index is 1.70. The summed E-state index contributed by atoms with van der Waals surface area (Å²) in [5, 5.41) is 2.90. The van der Waals surface area contributed by atoms with Crippen LogP contribution in [-0.2, 0) is 26.0 Å². The van der Waals surface area contributed by atoms with Gasteiger partial charge >= 0.3 is 0 Å². The smallest absolute Gasteiger partial charge is 0.264 e. The third-order valence-corrected chi connectivity index (χ3v) is 8.63. The number of benzene rings is 3. The van der Waals surface area contributed by atoms with Crippen molar-refractivity contribution in [1.29, 1.82) is 0 Å². The van der Waals surface area contributed by atoms with Crippen molar-refractivity contribution in [2.45, 2.75) is 44.0 Å². The number of nitrogens with zero attached hydrogens (tertiary/aromatic N) is 2. The lowest BCUT2D eigenvalue weighted by atomic mass is 10.1. The van der Waals surface area contributed by atoms with Gasteiger partial charge in [0.05, 0.1) is 10.6 Å². The molecular formula is C31H37N3O6S. The van der Waals surface area contributed by atoms with E-state index in [9.17, 15) is 18.0 Å². The van der Waals surface area contributed by atoms with Gasteiger partial charge in [0, 0.05) is 19.2 Å². The van der Waals surface area contributed by atoms with Crippen molar-refractivity contribution in [3.8, 4) is 11.5 Å². The summed E-state index contributed by atoms with van der Waals surface area (Å²) in [4.78, 5) is 28.8. The van der Waals surface area contributed by atoms with Crippen molar-refractivity contribution in [3.05, 3.63) is 84.4 Å². The first-order valence-electron chi connectivity index (χ1n) is 13.9. The number of carbonyl (C=O) groups excluding carboxylic acids is 2. The number of ether oxygens (including phenoxy) is 2. The van der Waals surface area contributed by atoms with Gasteiger partial charge in [-0.3, -0.25) is 13.9 Å². The van der Waals surface area contributed by atoms with Crippen LogP contribution >= 0.6 is 0 Å². The second kappa shape index (κ2) is 14.0. The first kappa shape index (κ1) is 29.9. The fourth-order valence-corrected chi connectivity index (χ4v) is 6.12. The summed E-state index contributed by atoms with van der Waals surface area (Å²) in [5.41, 5.74) is 1.27. The van der Waals surface area contributed by atoms with E-state index in [1.165, 1.54) is 17.0 Å². The number of amides is 2. The highest BCUT2D eigenvalue weighted by molar-refractivity contribution is 7.92. The molecule has 0 saturated heterocycles. The van der Waals surface area contributed by atoms with Gasteiger partial charge in [-0.05, 0) is 49.1 Å². The van der Waals surface area contributed by atoms with Crippen molar-refractivity contribution in [1.82, 2.24) is 10.2 Å². The van der Waals surface area contributed by atoms with E-state index in [1.807, 2.05) is 44.2 Å². The highest BCUT2D eigenvalue weighted by Crippen LogP contribution is 2.36. The molecule has 1 atom stereocenters. The topological polar surface area (TPSA) is 105 Å². The molecule has 3 aromatic carbocycles. The molecule has 0 bridgehead atoms. The Morgan fingerprint density at radius 1 is 0.902 bits per heavy atom. The van der Waals surface area contributed by atoms with Crippen molar-refractivity contribution in [2.24, 2.45) is 0 Å². The van der Waals surface area contributed by atoms with E-state index in [1.54, 1.807) is 36.4 Å². The molecule has 1 aliphatic heterocycles. The van der Waals surface area contributed by atoms with Crippen LogP contribution < -0.4 is 19.1 Å². The molecule has 0 spiro atoms. The maximum atomic E-state index is 14.1. The van der Waals surface area contributed by atoms with Crippen molar-refractivity contribution < 1.29 is 27.5 Å². The molecule has 3 aromatic rings. The number of fused-ring (bicyclic) bond motifs is 1. The van der Waals surface area contributed by atoms with Crippen LogP contribution in [0.5, 0.6) is 11.5 Å². The van der Waals surface area contributed by atoms with Gasteiger partial charge in [-0.25, -0.2) is 8.42 Å². The first-order chi connectivity index (χ1) is 19.8. The van der Waals surface area contributed by atoms with Crippen LogP contribution in [0.2, 0.25) is 0 Å². The minimum Gasteiger partial charge on any atom is -0.486 e. The summed E-state index contributed by atoms with van der Waals surface area (Å²) in [5.74, 6) is 0.175. The molecule has 0 aromatic heterocycles. The average Bonchev–Trinajstić information content (AvgIpc) is 3.01. The average molecular weight is 580 g/mol. The Hall–Kier alpha value is -4.05. The predicted octanol–water partition coefficient (Wildman–Crippen LogP) is 4.03. The van der Waals surface area contributed by atoms with E-state index in [0.29, 0.717) is 44.1 Å². The molecule has 10 heteroatoms. The van der Waals surface area contributed by atoms with E-state index in [4.69, 9.17) is 9.47 Å². The van der Waals surface area contributed by atoms with Gasteiger partial charge in [0.2, 0.25) is 11.8 Å². The number of carbonyl (C=O) groups is 2. The van der Waals surface area contributed by atoms with E-state index in [-0.39, 0.29) is 23.0 Å². The Morgan fingerprint density at radius 3 is 2.22 bits per heavy atom. The van der Waals surface area contributed by atoms with Crippen molar-refractivity contribution >= 4 is 27.5 Å². The van der Waals surface area contributed by atoms with Gasteiger partial charge in [0.25, 0.3) is 10.0 Å². The Kier molecular flexibility index (Phi) is 10.2. The molecular weight excluding hydrogens is 542 g/mol.